The smallest absolute Gasteiger partial charge is 0.0582 e. The van der Waals surface area contributed by atoms with Crippen molar-refractivity contribution in [3.63, 3.8) is 0 Å². The molecule has 5 heteroatoms. The molecule has 6 N–H and O–H groups in total. The zero-order valence-corrected chi connectivity index (χ0v) is 9.38. The van der Waals surface area contributed by atoms with Crippen LogP contribution >= 0.6 is 12.4 Å². The SMILES string of the molecule is Cl.NC(CO)CCCCCC(N)CO. The Morgan fingerprint density at radius 3 is 1.43 bits per heavy atom. The second-order valence-corrected chi connectivity index (χ2v) is 3.52. The number of hydrogen-bond acceptors (Lipinski definition) is 4. The molecule has 0 bridgehead atoms. The highest BCUT2D eigenvalue weighted by Gasteiger charge is 2.01. The highest BCUT2D eigenvalue weighted by Crippen LogP contribution is 2.05. The first-order valence-corrected chi connectivity index (χ1v) is 4.93. The van der Waals surface area contributed by atoms with E-state index in [1.54, 1.807) is 0 Å². The average Bonchev–Trinajstić information content (AvgIpc) is 2.16. The van der Waals surface area contributed by atoms with Gasteiger partial charge in [0.05, 0.1) is 13.2 Å². The Morgan fingerprint density at radius 2 is 1.14 bits per heavy atom. The Bertz CT molecular complexity index is 105. The molecule has 0 aliphatic rings. The third-order valence-electron chi connectivity index (χ3n) is 2.12. The van der Waals surface area contributed by atoms with E-state index in [1.165, 1.54) is 0 Å². The van der Waals surface area contributed by atoms with E-state index in [-0.39, 0.29) is 37.7 Å². The molecule has 88 valence electrons. The minimum atomic E-state index is -0.0773. The van der Waals surface area contributed by atoms with Crippen molar-refractivity contribution in [2.24, 2.45) is 11.5 Å². The van der Waals surface area contributed by atoms with Crippen LogP contribution in [-0.2, 0) is 0 Å². The first-order valence-electron chi connectivity index (χ1n) is 4.93. The third kappa shape index (κ3) is 10.2. The molecule has 0 fully saturated rings. The Hall–Kier alpha value is 0.130. The molecule has 0 aliphatic heterocycles. The molecule has 0 heterocycles. The fourth-order valence-corrected chi connectivity index (χ4v) is 1.17. The van der Waals surface area contributed by atoms with E-state index in [1.807, 2.05) is 0 Å². The number of hydrogen-bond donors (Lipinski definition) is 4. The van der Waals surface area contributed by atoms with Gasteiger partial charge in [-0.3, -0.25) is 0 Å². The van der Waals surface area contributed by atoms with Crippen molar-refractivity contribution >= 4 is 12.4 Å². The summed E-state index contributed by atoms with van der Waals surface area (Å²) in [7, 11) is 0. The van der Waals surface area contributed by atoms with Crippen LogP contribution < -0.4 is 11.5 Å². The van der Waals surface area contributed by atoms with Crippen LogP contribution in [-0.4, -0.2) is 35.5 Å². The molecular weight excluding hydrogens is 204 g/mol. The molecule has 0 rings (SSSR count). The second-order valence-electron chi connectivity index (χ2n) is 3.52. The number of aliphatic hydroxyl groups is 2. The topological polar surface area (TPSA) is 92.5 Å². The normalized spacial score (nSPS) is 14.6. The molecule has 2 atom stereocenters. The molecule has 0 saturated heterocycles. The lowest BCUT2D eigenvalue weighted by Crippen LogP contribution is -2.24. The summed E-state index contributed by atoms with van der Waals surface area (Å²) in [5.74, 6) is 0. The number of rotatable bonds is 8. The number of aliphatic hydroxyl groups excluding tert-OH is 2. The Morgan fingerprint density at radius 1 is 0.786 bits per heavy atom. The van der Waals surface area contributed by atoms with Gasteiger partial charge in [0, 0.05) is 12.1 Å². The Labute approximate surface area is 92.1 Å². The summed E-state index contributed by atoms with van der Waals surface area (Å²) in [6.07, 6.45) is 4.86. The zero-order chi connectivity index (χ0) is 10.1. The molecular formula is C9H23ClN2O2. The summed E-state index contributed by atoms with van der Waals surface area (Å²) in [4.78, 5) is 0. The van der Waals surface area contributed by atoms with Gasteiger partial charge in [-0.1, -0.05) is 19.3 Å². The van der Waals surface area contributed by atoms with Crippen molar-refractivity contribution in [2.75, 3.05) is 13.2 Å². The molecule has 0 amide bonds. The standard InChI is InChI=1S/C9H22N2O2.ClH/c10-8(6-12)4-2-1-3-5-9(11)7-13;/h8-9,12-13H,1-7,10-11H2;1H. The maximum atomic E-state index is 8.64. The van der Waals surface area contributed by atoms with Crippen LogP contribution in [0.15, 0.2) is 0 Å². The van der Waals surface area contributed by atoms with Gasteiger partial charge in [0.15, 0.2) is 0 Å². The molecule has 0 aromatic carbocycles. The van der Waals surface area contributed by atoms with Crippen LogP contribution in [0.1, 0.15) is 32.1 Å². The summed E-state index contributed by atoms with van der Waals surface area (Å²) in [6.45, 7) is 0.131. The van der Waals surface area contributed by atoms with Crippen molar-refractivity contribution in [1.29, 1.82) is 0 Å². The molecule has 4 nitrogen and oxygen atoms in total. The molecule has 0 spiro atoms. The summed E-state index contributed by atoms with van der Waals surface area (Å²) in [5, 5.41) is 17.3. The molecule has 0 aromatic rings. The highest BCUT2D eigenvalue weighted by atomic mass is 35.5. The number of nitrogens with two attached hydrogens (primary N) is 2. The minimum Gasteiger partial charge on any atom is -0.395 e. The summed E-state index contributed by atoms with van der Waals surface area (Å²) in [5.41, 5.74) is 11.1. The summed E-state index contributed by atoms with van der Waals surface area (Å²) in [6, 6.07) is -0.155. The van der Waals surface area contributed by atoms with E-state index in [2.05, 4.69) is 0 Å². The molecule has 0 aliphatic carbocycles. The molecule has 0 saturated carbocycles. The first-order chi connectivity index (χ1) is 6.20. The van der Waals surface area contributed by atoms with E-state index in [0.29, 0.717) is 0 Å². The van der Waals surface area contributed by atoms with Gasteiger partial charge in [-0.15, -0.1) is 12.4 Å². The fourth-order valence-electron chi connectivity index (χ4n) is 1.17. The maximum Gasteiger partial charge on any atom is 0.0582 e. The van der Waals surface area contributed by atoms with Crippen molar-refractivity contribution < 1.29 is 10.2 Å². The van der Waals surface area contributed by atoms with Gasteiger partial charge in [0.2, 0.25) is 0 Å². The third-order valence-corrected chi connectivity index (χ3v) is 2.12. The second kappa shape index (κ2) is 11.2. The van der Waals surface area contributed by atoms with E-state index in [9.17, 15) is 0 Å². The van der Waals surface area contributed by atoms with Crippen molar-refractivity contribution in [2.45, 2.75) is 44.2 Å². The minimum absolute atomic E-state index is 0. The van der Waals surface area contributed by atoms with Gasteiger partial charge >= 0.3 is 0 Å². The first kappa shape index (κ1) is 16.6. The van der Waals surface area contributed by atoms with Crippen molar-refractivity contribution in [3.05, 3.63) is 0 Å². The quantitative estimate of drug-likeness (QED) is 0.439. The van der Waals surface area contributed by atoms with Gasteiger partial charge in [-0.05, 0) is 12.8 Å². The van der Waals surface area contributed by atoms with E-state index >= 15 is 0 Å². The average molecular weight is 227 g/mol. The lowest BCUT2D eigenvalue weighted by Gasteiger charge is -2.09. The van der Waals surface area contributed by atoms with Gasteiger partial charge in [-0.25, -0.2) is 0 Å². The van der Waals surface area contributed by atoms with Crippen LogP contribution in [0, 0.1) is 0 Å². The Balaban J connectivity index is 0. The van der Waals surface area contributed by atoms with E-state index < -0.39 is 0 Å². The van der Waals surface area contributed by atoms with Crippen molar-refractivity contribution in [1.82, 2.24) is 0 Å². The maximum absolute atomic E-state index is 8.64. The highest BCUT2D eigenvalue weighted by molar-refractivity contribution is 5.85. The lowest BCUT2D eigenvalue weighted by atomic mass is 10.1. The van der Waals surface area contributed by atoms with E-state index in [0.717, 1.165) is 32.1 Å². The number of halogens is 1. The molecule has 0 aromatic heterocycles. The van der Waals surface area contributed by atoms with Crippen LogP contribution in [0.2, 0.25) is 0 Å². The number of unbranched alkanes of at least 4 members (excludes halogenated alkanes) is 2. The zero-order valence-electron chi connectivity index (χ0n) is 8.56. The van der Waals surface area contributed by atoms with Crippen molar-refractivity contribution in [3.8, 4) is 0 Å². The Kier molecular flexibility index (Phi) is 13.3. The molecule has 0 radical (unpaired) electrons. The van der Waals surface area contributed by atoms with Crippen LogP contribution in [0.4, 0.5) is 0 Å². The van der Waals surface area contributed by atoms with Gasteiger partial charge < -0.3 is 21.7 Å². The van der Waals surface area contributed by atoms with Crippen LogP contribution in [0.5, 0.6) is 0 Å². The lowest BCUT2D eigenvalue weighted by molar-refractivity contribution is 0.252. The largest absolute Gasteiger partial charge is 0.395 e. The molecule has 14 heavy (non-hydrogen) atoms. The fraction of sp³-hybridized carbons (Fsp3) is 1.00. The summed E-state index contributed by atoms with van der Waals surface area (Å²) < 4.78 is 0. The summed E-state index contributed by atoms with van der Waals surface area (Å²) >= 11 is 0. The van der Waals surface area contributed by atoms with Gasteiger partial charge in [0.1, 0.15) is 0 Å². The van der Waals surface area contributed by atoms with Gasteiger partial charge in [0.25, 0.3) is 0 Å². The van der Waals surface area contributed by atoms with Crippen LogP contribution in [0.3, 0.4) is 0 Å². The van der Waals surface area contributed by atoms with Crippen LogP contribution in [0.25, 0.3) is 0 Å². The van der Waals surface area contributed by atoms with Gasteiger partial charge in [-0.2, -0.15) is 0 Å². The monoisotopic (exact) mass is 226 g/mol. The molecule has 2 unspecified atom stereocenters. The van der Waals surface area contributed by atoms with E-state index in [4.69, 9.17) is 21.7 Å². The predicted molar refractivity (Wildman–Crippen MR) is 60.5 cm³/mol. The predicted octanol–water partition coefficient (Wildman–Crippen LogP) is -0.00210.